The second-order valence-corrected chi connectivity index (χ2v) is 7.62. The standard InChI is InChI=1S/C15H11BrCl3NO2/c16-11-8-6-10(7-9-11)13(21)20-14(15(17,18)19)22-12-4-2-1-3-5-12/h1-9,14H,(H,20,21)/t14-/m0/s1. The lowest BCUT2D eigenvalue weighted by molar-refractivity contribution is 0.0833. The fourth-order valence-corrected chi connectivity index (χ4v) is 2.18. The predicted octanol–water partition coefficient (Wildman–Crippen LogP) is 4.95. The molecule has 1 N–H and O–H groups in total. The highest BCUT2D eigenvalue weighted by Gasteiger charge is 2.36. The van der Waals surface area contributed by atoms with E-state index in [-0.39, 0.29) is 0 Å². The number of benzene rings is 2. The number of halogens is 4. The molecule has 7 heteroatoms. The molecule has 0 unspecified atom stereocenters. The van der Waals surface area contributed by atoms with Crippen molar-refractivity contribution in [2.75, 3.05) is 0 Å². The fourth-order valence-electron chi connectivity index (χ4n) is 1.62. The molecular weight excluding hydrogens is 412 g/mol. The van der Waals surface area contributed by atoms with E-state index in [0.29, 0.717) is 11.3 Å². The molecule has 116 valence electrons. The van der Waals surface area contributed by atoms with Crippen LogP contribution in [0.3, 0.4) is 0 Å². The van der Waals surface area contributed by atoms with E-state index in [0.717, 1.165) is 4.47 Å². The average Bonchev–Trinajstić information content (AvgIpc) is 2.47. The summed E-state index contributed by atoms with van der Waals surface area (Å²) in [6.45, 7) is 0. The molecule has 3 nitrogen and oxygen atoms in total. The number of hydrogen-bond donors (Lipinski definition) is 1. The van der Waals surface area contributed by atoms with E-state index in [4.69, 9.17) is 39.5 Å². The van der Waals surface area contributed by atoms with Gasteiger partial charge in [0.15, 0.2) is 0 Å². The molecule has 0 radical (unpaired) electrons. The molecule has 0 bridgehead atoms. The van der Waals surface area contributed by atoms with E-state index < -0.39 is 15.9 Å². The highest BCUT2D eigenvalue weighted by molar-refractivity contribution is 9.10. The second-order valence-electron chi connectivity index (χ2n) is 4.33. The molecule has 2 rings (SSSR count). The third kappa shape index (κ3) is 5.06. The minimum atomic E-state index is -1.82. The third-order valence-electron chi connectivity index (χ3n) is 2.66. The van der Waals surface area contributed by atoms with Crippen LogP contribution in [0.1, 0.15) is 10.4 Å². The Balaban J connectivity index is 2.13. The molecule has 1 atom stereocenters. The van der Waals surface area contributed by atoms with E-state index in [2.05, 4.69) is 21.2 Å². The van der Waals surface area contributed by atoms with E-state index in [9.17, 15) is 4.79 Å². The van der Waals surface area contributed by atoms with Crippen molar-refractivity contribution in [1.82, 2.24) is 5.32 Å². The van der Waals surface area contributed by atoms with Crippen LogP contribution in [0.15, 0.2) is 59.1 Å². The lowest BCUT2D eigenvalue weighted by atomic mass is 10.2. The summed E-state index contributed by atoms with van der Waals surface area (Å²) in [6, 6.07) is 15.6. The Hall–Kier alpha value is -0.940. The minimum Gasteiger partial charge on any atom is -0.466 e. The topological polar surface area (TPSA) is 38.3 Å². The maximum absolute atomic E-state index is 12.2. The number of carbonyl (C=O) groups is 1. The van der Waals surface area contributed by atoms with Gasteiger partial charge in [-0.05, 0) is 36.4 Å². The van der Waals surface area contributed by atoms with E-state index in [1.54, 1.807) is 48.5 Å². The summed E-state index contributed by atoms with van der Waals surface area (Å²) in [5.74, 6) is 0.0784. The monoisotopic (exact) mass is 421 g/mol. The number of hydrogen-bond acceptors (Lipinski definition) is 2. The lowest BCUT2D eigenvalue weighted by Crippen LogP contribution is -2.47. The predicted molar refractivity (Wildman–Crippen MR) is 92.8 cm³/mol. The number of rotatable bonds is 4. The summed E-state index contributed by atoms with van der Waals surface area (Å²) in [5, 5.41) is 2.57. The van der Waals surface area contributed by atoms with Crippen LogP contribution in [0.2, 0.25) is 0 Å². The number of nitrogens with one attached hydrogen (secondary N) is 1. The van der Waals surface area contributed by atoms with Crippen LogP contribution >= 0.6 is 50.7 Å². The van der Waals surface area contributed by atoms with Crippen molar-refractivity contribution in [1.29, 1.82) is 0 Å². The van der Waals surface area contributed by atoms with Gasteiger partial charge in [0, 0.05) is 10.0 Å². The van der Waals surface area contributed by atoms with Crippen molar-refractivity contribution < 1.29 is 9.53 Å². The highest BCUT2D eigenvalue weighted by atomic mass is 79.9. The van der Waals surface area contributed by atoms with Gasteiger partial charge in [-0.2, -0.15) is 0 Å². The molecule has 0 aliphatic carbocycles. The molecule has 0 saturated carbocycles. The molecule has 0 saturated heterocycles. The molecule has 0 heterocycles. The van der Waals surface area contributed by atoms with Crippen LogP contribution in [0.25, 0.3) is 0 Å². The number of ether oxygens (including phenoxy) is 1. The van der Waals surface area contributed by atoms with Crippen molar-refractivity contribution in [3.63, 3.8) is 0 Å². The number of alkyl halides is 3. The summed E-state index contributed by atoms with van der Waals surface area (Å²) in [7, 11) is 0. The first-order valence-corrected chi connectivity index (χ1v) is 8.14. The molecule has 0 fully saturated rings. The molecular formula is C15H11BrCl3NO2. The zero-order valence-electron chi connectivity index (χ0n) is 11.1. The second kappa shape index (κ2) is 7.55. The summed E-state index contributed by atoms with van der Waals surface area (Å²) < 4.78 is 4.60. The van der Waals surface area contributed by atoms with Gasteiger partial charge in [-0.3, -0.25) is 4.79 Å². The van der Waals surface area contributed by atoms with Gasteiger partial charge < -0.3 is 10.1 Å². The fraction of sp³-hybridized carbons (Fsp3) is 0.133. The van der Waals surface area contributed by atoms with Gasteiger partial charge in [-0.15, -0.1) is 0 Å². The van der Waals surface area contributed by atoms with Crippen molar-refractivity contribution in [3.8, 4) is 5.75 Å². The largest absolute Gasteiger partial charge is 0.466 e. The van der Waals surface area contributed by atoms with Crippen molar-refractivity contribution in [2.45, 2.75) is 10.0 Å². The third-order valence-corrected chi connectivity index (χ3v) is 3.79. The molecule has 0 aliphatic rings. The Labute approximate surface area is 151 Å². The normalized spacial score (nSPS) is 12.5. The highest BCUT2D eigenvalue weighted by Crippen LogP contribution is 2.32. The molecule has 22 heavy (non-hydrogen) atoms. The first kappa shape index (κ1) is 17.4. The van der Waals surface area contributed by atoms with Crippen LogP contribution < -0.4 is 10.1 Å². The molecule has 0 aliphatic heterocycles. The average molecular weight is 424 g/mol. The Morgan fingerprint density at radius 1 is 1.05 bits per heavy atom. The van der Waals surface area contributed by atoms with Crippen LogP contribution in [0.5, 0.6) is 5.75 Å². The van der Waals surface area contributed by atoms with E-state index in [1.165, 1.54) is 0 Å². The Bertz CT molecular complexity index is 629. The maximum atomic E-state index is 12.2. The summed E-state index contributed by atoms with van der Waals surface area (Å²) >= 11 is 21.0. The first-order valence-electron chi connectivity index (χ1n) is 6.21. The maximum Gasteiger partial charge on any atom is 0.254 e. The lowest BCUT2D eigenvalue weighted by Gasteiger charge is -2.26. The van der Waals surface area contributed by atoms with Crippen molar-refractivity contribution in [3.05, 3.63) is 64.6 Å². The zero-order valence-corrected chi connectivity index (χ0v) is 15.0. The van der Waals surface area contributed by atoms with Gasteiger partial charge in [-0.1, -0.05) is 68.9 Å². The zero-order chi connectivity index (χ0) is 16.2. The van der Waals surface area contributed by atoms with Crippen molar-refractivity contribution in [2.24, 2.45) is 0 Å². The Morgan fingerprint density at radius 3 is 2.18 bits per heavy atom. The Kier molecular flexibility index (Phi) is 5.98. The number of para-hydroxylation sites is 1. The smallest absolute Gasteiger partial charge is 0.254 e. The molecule has 1 amide bonds. The van der Waals surface area contributed by atoms with Gasteiger partial charge in [0.05, 0.1) is 0 Å². The van der Waals surface area contributed by atoms with Gasteiger partial charge >= 0.3 is 0 Å². The van der Waals surface area contributed by atoms with E-state index in [1.807, 2.05) is 6.07 Å². The molecule has 0 aromatic heterocycles. The molecule has 2 aromatic rings. The van der Waals surface area contributed by atoms with Gasteiger partial charge in [0.2, 0.25) is 10.0 Å². The van der Waals surface area contributed by atoms with Crippen LogP contribution in [-0.4, -0.2) is 15.9 Å². The number of carbonyl (C=O) groups excluding carboxylic acids is 1. The van der Waals surface area contributed by atoms with Crippen LogP contribution in [0, 0.1) is 0 Å². The molecule has 0 spiro atoms. The van der Waals surface area contributed by atoms with Gasteiger partial charge in [0.1, 0.15) is 5.75 Å². The Morgan fingerprint density at radius 2 is 1.64 bits per heavy atom. The summed E-state index contributed by atoms with van der Waals surface area (Å²) in [6.07, 6.45) is -1.13. The van der Waals surface area contributed by atoms with Gasteiger partial charge in [-0.25, -0.2) is 0 Å². The summed E-state index contributed by atoms with van der Waals surface area (Å²) in [4.78, 5) is 12.2. The SMILES string of the molecule is O=C(N[C@@H](Oc1ccccc1)C(Cl)(Cl)Cl)c1ccc(Br)cc1. The van der Waals surface area contributed by atoms with Crippen molar-refractivity contribution >= 4 is 56.6 Å². The van der Waals surface area contributed by atoms with Crippen LogP contribution in [0.4, 0.5) is 0 Å². The number of amides is 1. The first-order chi connectivity index (χ1) is 10.4. The van der Waals surface area contributed by atoms with Gasteiger partial charge in [0.25, 0.3) is 5.91 Å². The quantitative estimate of drug-likeness (QED) is 0.558. The van der Waals surface area contributed by atoms with Crippen LogP contribution in [-0.2, 0) is 0 Å². The molecule has 2 aromatic carbocycles. The minimum absolute atomic E-state index is 0.403. The van der Waals surface area contributed by atoms with E-state index >= 15 is 0 Å². The summed E-state index contributed by atoms with van der Waals surface area (Å²) in [5.41, 5.74) is 0.430.